The van der Waals surface area contributed by atoms with E-state index in [-0.39, 0.29) is 11.8 Å². The maximum Gasteiger partial charge on any atom is 0.218 e. The van der Waals surface area contributed by atoms with Crippen molar-refractivity contribution in [2.45, 2.75) is 18.2 Å². The summed E-state index contributed by atoms with van der Waals surface area (Å²) >= 11 is 6.04. The van der Waals surface area contributed by atoms with Crippen LogP contribution in [-0.4, -0.2) is 40.8 Å². The quantitative estimate of drug-likeness (QED) is 0.857. The molecule has 2 aromatic rings. The smallest absolute Gasteiger partial charge is 0.218 e. The molecule has 1 aromatic heterocycles. The molecule has 6 nitrogen and oxygen atoms in total. The van der Waals surface area contributed by atoms with Crippen molar-refractivity contribution < 1.29 is 8.42 Å². The second kappa shape index (κ2) is 5.75. The molecule has 8 heteroatoms. The van der Waals surface area contributed by atoms with Gasteiger partial charge >= 0.3 is 0 Å². The molecule has 1 aliphatic rings. The third kappa shape index (κ3) is 3.09. The molecule has 0 N–H and O–H groups in total. The molecular weight excluding hydrogens is 312 g/mol. The molecule has 1 fully saturated rings. The van der Waals surface area contributed by atoms with Crippen molar-refractivity contribution in [1.82, 2.24) is 19.3 Å². The van der Waals surface area contributed by atoms with E-state index in [1.54, 1.807) is 41.3 Å². The van der Waals surface area contributed by atoms with Crippen LogP contribution in [0.3, 0.4) is 0 Å². The van der Waals surface area contributed by atoms with Crippen molar-refractivity contribution >= 4 is 21.6 Å². The van der Waals surface area contributed by atoms with Gasteiger partial charge in [0.25, 0.3) is 0 Å². The molecule has 1 saturated heterocycles. The van der Waals surface area contributed by atoms with Crippen LogP contribution in [0.2, 0.25) is 5.02 Å². The molecule has 1 unspecified atom stereocenters. The third-order valence-corrected chi connectivity index (χ3v) is 5.79. The van der Waals surface area contributed by atoms with Crippen LogP contribution < -0.4 is 0 Å². The van der Waals surface area contributed by atoms with Gasteiger partial charge in [-0.25, -0.2) is 13.1 Å². The Labute approximate surface area is 128 Å². The summed E-state index contributed by atoms with van der Waals surface area (Å²) in [5.74, 6) is -0.0727. The summed E-state index contributed by atoms with van der Waals surface area (Å²) in [6, 6.07) is 7.07. The fraction of sp³-hybridized carbons (Fsp3) is 0.385. The Morgan fingerprint density at radius 1 is 1.33 bits per heavy atom. The summed E-state index contributed by atoms with van der Waals surface area (Å²) in [6.07, 6.45) is 4.10. The van der Waals surface area contributed by atoms with Crippen molar-refractivity contribution in [3.05, 3.63) is 47.2 Å². The van der Waals surface area contributed by atoms with Crippen molar-refractivity contribution in [3.63, 3.8) is 0 Å². The highest BCUT2D eigenvalue weighted by atomic mass is 35.5. The standard InChI is InChI=1S/C13H15ClN4O2S/c14-13-4-2-1-3-11(13)10-21(19,20)17-7-5-12(9-17)18-8-6-15-16-18/h1-4,6,8,12H,5,7,9-10H2. The molecule has 0 amide bonds. The van der Waals surface area contributed by atoms with Crippen LogP contribution in [0.1, 0.15) is 18.0 Å². The lowest BCUT2D eigenvalue weighted by atomic mass is 10.2. The largest absolute Gasteiger partial charge is 0.248 e. The molecule has 0 spiro atoms. The molecule has 112 valence electrons. The average molecular weight is 327 g/mol. The molecular formula is C13H15ClN4O2S. The van der Waals surface area contributed by atoms with Crippen LogP contribution in [0, 0.1) is 0 Å². The number of hydrogen-bond acceptors (Lipinski definition) is 4. The lowest BCUT2D eigenvalue weighted by Crippen LogP contribution is -2.30. The number of sulfonamides is 1. The highest BCUT2D eigenvalue weighted by molar-refractivity contribution is 7.88. The first kappa shape index (κ1) is 14.5. The highest BCUT2D eigenvalue weighted by Gasteiger charge is 2.32. The molecule has 0 radical (unpaired) electrons. The van der Waals surface area contributed by atoms with Gasteiger partial charge in [0.15, 0.2) is 0 Å². The molecule has 0 saturated carbocycles. The minimum absolute atomic E-state index is 0.0496. The van der Waals surface area contributed by atoms with Gasteiger partial charge in [-0.3, -0.25) is 0 Å². The van der Waals surface area contributed by atoms with Crippen LogP contribution in [0.4, 0.5) is 0 Å². The Balaban J connectivity index is 1.73. The zero-order chi connectivity index (χ0) is 14.9. The molecule has 21 heavy (non-hydrogen) atoms. The predicted molar refractivity (Wildman–Crippen MR) is 79.3 cm³/mol. The van der Waals surface area contributed by atoms with E-state index in [2.05, 4.69) is 10.3 Å². The van der Waals surface area contributed by atoms with E-state index in [0.29, 0.717) is 23.7 Å². The molecule has 1 atom stereocenters. The zero-order valence-electron chi connectivity index (χ0n) is 11.3. The SMILES string of the molecule is O=S(=O)(Cc1ccccc1Cl)N1CCC(n2ccnn2)C1. The van der Waals surface area contributed by atoms with Gasteiger partial charge in [-0.1, -0.05) is 35.0 Å². The Morgan fingerprint density at radius 2 is 2.14 bits per heavy atom. The minimum atomic E-state index is -3.37. The molecule has 0 aliphatic carbocycles. The topological polar surface area (TPSA) is 68.1 Å². The monoisotopic (exact) mass is 326 g/mol. The summed E-state index contributed by atoms with van der Waals surface area (Å²) in [5, 5.41) is 8.18. The number of hydrogen-bond donors (Lipinski definition) is 0. The lowest BCUT2D eigenvalue weighted by Gasteiger charge is -2.17. The first-order valence-corrected chi connectivity index (χ1v) is 8.62. The Bertz CT molecular complexity index is 718. The average Bonchev–Trinajstić information content (AvgIpc) is 3.11. The maximum absolute atomic E-state index is 12.5. The number of rotatable bonds is 4. The van der Waals surface area contributed by atoms with E-state index < -0.39 is 10.0 Å². The lowest BCUT2D eigenvalue weighted by molar-refractivity contribution is 0.428. The highest BCUT2D eigenvalue weighted by Crippen LogP contribution is 2.26. The number of nitrogens with zero attached hydrogens (tertiary/aromatic N) is 4. The normalized spacial score (nSPS) is 20.0. The van der Waals surface area contributed by atoms with Gasteiger partial charge in [-0.05, 0) is 18.1 Å². The van der Waals surface area contributed by atoms with Crippen LogP contribution in [-0.2, 0) is 15.8 Å². The summed E-state index contributed by atoms with van der Waals surface area (Å²) in [5.41, 5.74) is 0.628. The summed E-state index contributed by atoms with van der Waals surface area (Å²) in [4.78, 5) is 0. The number of benzene rings is 1. The first-order valence-electron chi connectivity index (χ1n) is 6.63. The first-order chi connectivity index (χ1) is 10.1. The fourth-order valence-electron chi connectivity index (χ4n) is 2.49. The van der Waals surface area contributed by atoms with Gasteiger partial charge in [-0.2, -0.15) is 4.31 Å². The maximum atomic E-state index is 12.5. The van der Waals surface area contributed by atoms with E-state index in [1.807, 2.05) is 0 Å². The summed E-state index contributed by atoms with van der Waals surface area (Å²) in [7, 11) is -3.37. The number of halogens is 1. The van der Waals surface area contributed by atoms with Crippen LogP contribution in [0.5, 0.6) is 0 Å². The van der Waals surface area contributed by atoms with Gasteiger partial charge in [-0.15, -0.1) is 5.10 Å². The molecule has 3 rings (SSSR count). The second-order valence-corrected chi connectivity index (χ2v) is 7.41. The van der Waals surface area contributed by atoms with Crippen LogP contribution >= 0.6 is 11.6 Å². The van der Waals surface area contributed by atoms with Crippen molar-refractivity contribution in [2.24, 2.45) is 0 Å². The van der Waals surface area contributed by atoms with E-state index >= 15 is 0 Å². The van der Waals surface area contributed by atoms with Gasteiger partial charge in [0.2, 0.25) is 10.0 Å². The molecule has 1 aromatic carbocycles. The third-order valence-electron chi connectivity index (χ3n) is 3.63. The van der Waals surface area contributed by atoms with E-state index in [0.717, 1.165) is 6.42 Å². The van der Waals surface area contributed by atoms with Gasteiger partial charge < -0.3 is 0 Å². The summed E-state index contributed by atoms with van der Waals surface area (Å²) in [6.45, 7) is 0.924. The van der Waals surface area contributed by atoms with Crippen LogP contribution in [0.15, 0.2) is 36.7 Å². The molecule has 1 aliphatic heterocycles. The van der Waals surface area contributed by atoms with E-state index in [4.69, 9.17) is 11.6 Å². The van der Waals surface area contributed by atoms with E-state index in [9.17, 15) is 8.42 Å². The van der Waals surface area contributed by atoms with E-state index in [1.165, 1.54) is 4.31 Å². The van der Waals surface area contributed by atoms with Crippen molar-refractivity contribution in [2.75, 3.05) is 13.1 Å². The Hall–Kier alpha value is -1.44. The molecule has 0 bridgehead atoms. The van der Waals surface area contributed by atoms with Crippen molar-refractivity contribution in [3.8, 4) is 0 Å². The second-order valence-electron chi connectivity index (χ2n) is 5.03. The van der Waals surface area contributed by atoms with Gasteiger partial charge in [0.05, 0.1) is 18.0 Å². The fourth-order valence-corrected chi connectivity index (χ4v) is 4.39. The van der Waals surface area contributed by atoms with Gasteiger partial charge in [0, 0.05) is 24.3 Å². The van der Waals surface area contributed by atoms with Crippen molar-refractivity contribution in [1.29, 1.82) is 0 Å². The molecule has 2 heterocycles. The predicted octanol–water partition coefficient (Wildman–Crippen LogP) is 1.71. The van der Waals surface area contributed by atoms with Gasteiger partial charge in [0.1, 0.15) is 0 Å². The Kier molecular flexibility index (Phi) is 3.97. The summed E-state index contributed by atoms with van der Waals surface area (Å²) < 4.78 is 28.2. The minimum Gasteiger partial charge on any atom is -0.248 e. The van der Waals surface area contributed by atoms with Crippen LogP contribution in [0.25, 0.3) is 0 Å². The zero-order valence-corrected chi connectivity index (χ0v) is 12.8. The number of aromatic nitrogens is 3. The Morgan fingerprint density at radius 3 is 2.86 bits per heavy atom.